The zero-order valence-electron chi connectivity index (χ0n) is 14.8. The second-order valence-electron chi connectivity index (χ2n) is 6.56. The fourth-order valence-corrected chi connectivity index (χ4v) is 2.14. The number of hydrogen-bond acceptors (Lipinski definition) is 3. The molecule has 2 unspecified atom stereocenters. The van der Waals surface area contributed by atoms with Crippen molar-refractivity contribution in [1.29, 1.82) is 0 Å². The van der Waals surface area contributed by atoms with Gasteiger partial charge in [0.25, 0.3) is 5.91 Å². The van der Waals surface area contributed by atoms with Crippen LogP contribution >= 0.6 is 0 Å². The van der Waals surface area contributed by atoms with Crippen LogP contribution in [0.5, 0.6) is 5.75 Å². The number of hydrogen-bond donors (Lipinski definition) is 2. The highest BCUT2D eigenvalue weighted by molar-refractivity contribution is 5.89. The zero-order valence-corrected chi connectivity index (χ0v) is 14.8. The molecule has 0 aliphatic carbocycles. The highest BCUT2D eigenvalue weighted by atomic mass is 16.5. The van der Waals surface area contributed by atoms with E-state index in [1.165, 1.54) is 0 Å². The molecule has 1 rings (SSSR count). The van der Waals surface area contributed by atoms with Gasteiger partial charge in [0.2, 0.25) is 0 Å². The van der Waals surface area contributed by atoms with E-state index in [1.807, 2.05) is 39.0 Å². The van der Waals surface area contributed by atoms with Crippen LogP contribution in [-0.4, -0.2) is 28.6 Å². The lowest BCUT2D eigenvalue weighted by Crippen LogP contribution is -2.54. The van der Waals surface area contributed by atoms with Crippen molar-refractivity contribution in [1.82, 2.24) is 5.32 Å². The number of aryl methyl sites for hydroxylation is 2. The van der Waals surface area contributed by atoms with Gasteiger partial charge in [-0.05, 0) is 50.8 Å². The molecule has 0 fully saturated rings. The summed E-state index contributed by atoms with van der Waals surface area (Å²) >= 11 is 0. The number of aliphatic carboxylic acids is 1. The SMILES string of the molecule is CCC(C)C(NC(=O)C(C)(C)Oc1cc(C)ccc1C)C(=O)O. The maximum absolute atomic E-state index is 12.5. The average molecular weight is 321 g/mol. The van der Waals surface area contributed by atoms with E-state index in [0.717, 1.165) is 11.1 Å². The topological polar surface area (TPSA) is 75.6 Å². The number of carboxylic acids is 1. The molecular weight excluding hydrogens is 294 g/mol. The fraction of sp³-hybridized carbons (Fsp3) is 0.556. The van der Waals surface area contributed by atoms with E-state index in [1.54, 1.807) is 20.8 Å². The molecule has 0 bridgehead atoms. The van der Waals surface area contributed by atoms with Crippen LogP contribution in [0.3, 0.4) is 0 Å². The van der Waals surface area contributed by atoms with Crippen LogP contribution in [0.4, 0.5) is 0 Å². The van der Waals surface area contributed by atoms with E-state index in [-0.39, 0.29) is 5.92 Å². The highest BCUT2D eigenvalue weighted by Gasteiger charge is 2.35. The predicted octanol–water partition coefficient (Wildman–Crippen LogP) is 3.08. The fourth-order valence-electron chi connectivity index (χ4n) is 2.14. The second-order valence-corrected chi connectivity index (χ2v) is 6.56. The third-order valence-corrected chi connectivity index (χ3v) is 4.02. The summed E-state index contributed by atoms with van der Waals surface area (Å²) in [5.74, 6) is -1.00. The molecule has 0 saturated heterocycles. The Balaban J connectivity index is 2.91. The van der Waals surface area contributed by atoms with Gasteiger partial charge in [0.05, 0.1) is 0 Å². The minimum absolute atomic E-state index is 0.159. The first-order valence-corrected chi connectivity index (χ1v) is 7.88. The summed E-state index contributed by atoms with van der Waals surface area (Å²) in [6, 6.07) is 4.85. The first-order valence-electron chi connectivity index (χ1n) is 7.88. The molecule has 0 aromatic heterocycles. The summed E-state index contributed by atoms with van der Waals surface area (Å²) in [6.45, 7) is 10.8. The lowest BCUT2D eigenvalue weighted by Gasteiger charge is -2.29. The maximum atomic E-state index is 12.5. The molecule has 23 heavy (non-hydrogen) atoms. The average Bonchev–Trinajstić information content (AvgIpc) is 2.46. The molecule has 0 aliphatic rings. The quantitative estimate of drug-likeness (QED) is 0.809. The monoisotopic (exact) mass is 321 g/mol. The molecule has 0 aliphatic heterocycles. The van der Waals surface area contributed by atoms with Gasteiger partial charge in [-0.25, -0.2) is 4.79 Å². The number of carboxylic acid groups (broad SMARTS) is 1. The Bertz CT molecular complexity index is 580. The minimum atomic E-state index is -1.17. The third-order valence-electron chi connectivity index (χ3n) is 4.02. The van der Waals surface area contributed by atoms with Gasteiger partial charge in [-0.3, -0.25) is 4.79 Å². The van der Waals surface area contributed by atoms with Crippen LogP contribution in [0, 0.1) is 19.8 Å². The zero-order chi connectivity index (χ0) is 17.8. The molecule has 1 aromatic rings. The Hall–Kier alpha value is -2.04. The molecule has 5 heteroatoms. The highest BCUT2D eigenvalue weighted by Crippen LogP contribution is 2.24. The molecule has 0 heterocycles. The number of rotatable bonds is 7. The van der Waals surface area contributed by atoms with Crippen molar-refractivity contribution < 1.29 is 19.4 Å². The van der Waals surface area contributed by atoms with E-state index in [4.69, 9.17) is 4.74 Å². The predicted molar refractivity (Wildman–Crippen MR) is 89.6 cm³/mol. The molecule has 0 radical (unpaired) electrons. The van der Waals surface area contributed by atoms with Crippen molar-refractivity contribution in [2.75, 3.05) is 0 Å². The van der Waals surface area contributed by atoms with Crippen molar-refractivity contribution in [3.05, 3.63) is 29.3 Å². The maximum Gasteiger partial charge on any atom is 0.326 e. The summed E-state index contributed by atoms with van der Waals surface area (Å²) in [5, 5.41) is 11.9. The van der Waals surface area contributed by atoms with Gasteiger partial charge in [-0.15, -0.1) is 0 Å². The van der Waals surface area contributed by atoms with Gasteiger partial charge in [0.15, 0.2) is 5.60 Å². The van der Waals surface area contributed by atoms with Crippen molar-refractivity contribution in [3.8, 4) is 5.75 Å². The minimum Gasteiger partial charge on any atom is -0.480 e. The number of nitrogens with one attached hydrogen (secondary N) is 1. The van der Waals surface area contributed by atoms with Gasteiger partial charge in [0.1, 0.15) is 11.8 Å². The third kappa shape index (κ3) is 4.98. The van der Waals surface area contributed by atoms with Crippen LogP contribution in [0.25, 0.3) is 0 Å². The summed E-state index contributed by atoms with van der Waals surface area (Å²) < 4.78 is 5.86. The molecule has 2 atom stereocenters. The van der Waals surface area contributed by atoms with Crippen LogP contribution in [-0.2, 0) is 9.59 Å². The number of benzene rings is 1. The Labute approximate surface area is 138 Å². The molecule has 1 amide bonds. The number of ether oxygens (including phenoxy) is 1. The van der Waals surface area contributed by atoms with Gasteiger partial charge in [-0.2, -0.15) is 0 Å². The van der Waals surface area contributed by atoms with Gasteiger partial charge >= 0.3 is 5.97 Å². The lowest BCUT2D eigenvalue weighted by molar-refractivity contribution is -0.146. The standard InChI is InChI=1S/C18H27NO4/c1-7-12(3)15(16(20)21)19-17(22)18(5,6)23-14-10-11(2)8-9-13(14)4/h8-10,12,15H,7H2,1-6H3,(H,19,22)(H,20,21). The van der Waals surface area contributed by atoms with Crippen molar-refractivity contribution >= 4 is 11.9 Å². The molecule has 2 N–H and O–H groups in total. The summed E-state index contributed by atoms with van der Waals surface area (Å²) in [5.41, 5.74) is 0.790. The van der Waals surface area contributed by atoms with E-state index >= 15 is 0 Å². The van der Waals surface area contributed by atoms with E-state index in [2.05, 4.69) is 5.32 Å². The molecule has 0 spiro atoms. The number of carbonyl (C=O) groups excluding carboxylic acids is 1. The number of carbonyl (C=O) groups is 2. The van der Waals surface area contributed by atoms with E-state index < -0.39 is 23.5 Å². The first kappa shape index (κ1) is 19.0. The summed E-state index contributed by atoms with van der Waals surface area (Å²) in [4.78, 5) is 23.9. The summed E-state index contributed by atoms with van der Waals surface area (Å²) in [6.07, 6.45) is 0.662. The summed E-state index contributed by atoms with van der Waals surface area (Å²) in [7, 11) is 0. The largest absolute Gasteiger partial charge is 0.480 e. The first-order chi connectivity index (χ1) is 10.6. The molecule has 5 nitrogen and oxygen atoms in total. The van der Waals surface area contributed by atoms with Crippen molar-refractivity contribution in [3.63, 3.8) is 0 Å². The lowest BCUT2D eigenvalue weighted by atomic mass is 9.98. The smallest absolute Gasteiger partial charge is 0.326 e. The van der Waals surface area contributed by atoms with Crippen molar-refractivity contribution in [2.24, 2.45) is 5.92 Å². The van der Waals surface area contributed by atoms with E-state index in [9.17, 15) is 14.7 Å². The molecule has 128 valence electrons. The van der Waals surface area contributed by atoms with E-state index in [0.29, 0.717) is 12.2 Å². The normalized spacial score (nSPS) is 14.0. The van der Waals surface area contributed by atoms with Gasteiger partial charge < -0.3 is 15.2 Å². The Morgan fingerprint density at radius 1 is 1.30 bits per heavy atom. The van der Waals surface area contributed by atoms with Crippen LogP contribution < -0.4 is 10.1 Å². The van der Waals surface area contributed by atoms with Crippen LogP contribution in [0.2, 0.25) is 0 Å². The molecule has 0 saturated carbocycles. The Morgan fingerprint density at radius 2 is 1.91 bits per heavy atom. The van der Waals surface area contributed by atoms with Crippen molar-refractivity contribution in [2.45, 2.75) is 59.6 Å². The van der Waals surface area contributed by atoms with Crippen LogP contribution in [0.1, 0.15) is 45.2 Å². The number of amides is 1. The Morgan fingerprint density at radius 3 is 2.43 bits per heavy atom. The van der Waals surface area contributed by atoms with Crippen LogP contribution in [0.15, 0.2) is 18.2 Å². The second kappa shape index (κ2) is 7.49. The molecular formula is C18H27NO4. The molecule has 1 aromatic carbocycles. The van der Waals surface area contributed by atoms with Gasteiger partial charge in [-0.1, -0.05) is 32.4 Å². The van der Waals surface area contributed by atoms with Gasteiger partial charge in [0, 0.05) is 0 Å². The Kier molecular flexibility index (Phi) is 6.19.